The smallest absolute Gasteiger partial charge is 0.139 e. The van der Waals surface area contributed by atoms with Crippen molar-refractivity contribution in [3.8, 4) is 11.3 Å². The molecule has 2 aromatic carbocycles. The number of pyridine rings is 1. The Kier molecular flexibility index (Phi) is 4.21. The molecule has 26 heavy (non-hydrogen) atoms. The van der Waals surface area contributed by atoms with Crippen LogP contribution in [0.1, 0.15) is 22.4 Å². The molecule has 3 nitrogen and oxygen atoms in total. The highest BCUT2D eigenvalue weighted by Crippen LogP contribution is 2.31. The van der Waals surface area contributed by atoms with Crippen LogP contribution in [0, 0.1) is 20.8 Å². The van der Waals surface area contributed by atoms with Crippen LogP contribution in [-0.2, 0) is 6.54 Å². The summed E-state index contributed by atoms with van der Waals surface area (Å²) >= 11 is 0. The number of fused-ring (bicyclic) bond motifs is 1. The van der Waals surface area contributed by atoms with Gasteiger partial charge >= 0.3 is 0 Å². The molecule has 0 atom stereocenters. The number of rotatable bonds is 4. The summed E-state index contributed by atoms with van der Waals surface area (Å²) in [5, 5.41) is 3.63. The van der Waals surface area contributed by atoms with Gasteiger partial charge in [-0.2, -0.15) is 0 Å². The SMILES string of the molecule is Cc1cccc(-c2nc3cc(C)cc(C)n3c2NCc2ccccc2)c1. The zero-order chi connectivity index (χ0) is 18.1. The van der Waals surface area contributed by atoms with Crippen molar-refractivity contribution in [3.63, 3.8) is 0 Å². The van der Waals surface area contributed by atoms with E-state index in [1.165, 1.54) is 22.4 Å². The minimum Gasteiger partial charge on any atom is -0.365 e. The third-order valence-corrected chi connectivity index (χ3v) is 4.64. The van der Waals surface area contributed by atoms with Gasteiger partial charge in [-0.1, -0.05) is 54.1 Å². The maximum Gasteiger partial charge on any atom is 0.139 e. The van der Waals surface area contributed by atoms with Gasteiger partial charge in [0.15, 0.2) is 0 Å². The molecule has 2 aromatic heterocycles. The minimum absolute atomic E-state index is 0.765. The van der Waals surface area contributed by atoms with Crippen LogP contribution in [0.25, 0.3) is 16.9 Å². The van der Waals surface area contributed by atoms with E-state index in [4.69, 9.17) is 4.98 Å². The Morgan fingerprint density at radius 1 is 0.846 bits per heavy atom. The number of anilines is 1. The molecule has 0 fully saturated rings. The van der Waals surface area contributed by atoms with Crippen LogP contribution >= 0.6 is 0 Å². The Hall–Kier alpha value is -3.07. The monoisotopic (exact) mass is 341 g/mol. The summed E-state index contributed by atoms with van der Waals surface area (Å²) in [4.78, 5) is 4.96. The van der Waals surface area contributed by atoms with E-state index in [1.807, 2.05) is 6.07 Å². The zero-order valence-corrected chi connectivity index (χ0v) is 15.5. The highest BCUT2D eigenvalue weighted by molar-refractivity contribution is 5.77. The number of benzene rings is 2. The van der Waals surface area contributed by atoms with Gasteiger partial charge in [0.1, 0.15) is 17.2 Å². The maximum absolute atomic E-state index is 4.96. The molecule has 130 valence electrons. The average Bonchev–Trinajstić information content (AvgIpc) is 2.99. The number of aryl methyl sites for hydroxylation is 3. The molecular formula is C23H23N3. The summed E-state index contributed by atoms with van der Waals surface area (Å²) in [5.74, 6) is 1.05. The number of nitrogens with one attached hydrogen (secondary N) is 1. The summed E-state index contributed by atoms with van der Waals surface area (Å²) in [6.07, 6.45) is 0. The summed E-state index contributed by atoms with van der Waals surface area (Å²) in [6.45, 7) is 7.13. The number of nitrogens with zero attached hydrogens (tertiary/aromatic N) is 2. The van der Waals surface area contributed by atoms with Gasteiger partial charge in [0.2, 0.25) is 0 Å². The molecule has 4 rings (SSSR count). The maximum atomic E-state index is 4.96. The van der Waals surface area contributed by atoms with Crippen molar-refractivity contribution in [3.05, 3.63) is 89.1 Å². The number of hydrogen-bond acceptors (Lipinski definition) is 2. The third kappa shape index (κ3) is 3.08. The Labute approximate surface area is 154 Å². The fraction of sp³-hybridized carbons (Fsp3) is 0.174. The van der Waals surface area contributed by atoms with E-state index in [1.54, 1.807) is 0 Å². The second kappa shape index (κ2) is 6.68. The lowest BCUT2D eigenvalue weighted by molar-refractivity contribution is 1.04. The molecule has 0 amide bonds. The first-order valence-corrected chi connectivity index (χ1v) is 8.96. The van der Waals surface area contributed by atoms with Crippen LogP contribution in [0.15, 0.2) is 66.7 Å². The summed E-state index contributed by atoms with van der Waals surface area (Å²) in [6, 6.07) is 23.3. The Balaban J connectivity index is 1.85. The zero-order valence-electron chi connectivity index (χ0n) is 15.5. The van der Waals surface area contributed by atoms with Crippen molar-refractivity contribution in [2.45, 2.75) is 27.3 Å². The quantitative estimate of drug-likeness (QED) is 0.528. The van der Waals surface area contributed by atoms with Gasteiger partial charge in [0.25, 0.3) is 0 Å². The molecule has 0 spiro atoms. The molecule has 0 bridgehead atoms. The van der Waals surface area contributed by atoms with Crippen molar-refractivity contribution in [2.75, 3.05) is 5.32 Å². The molecule has 1 N–H and O–H groups in total. The number of hydrogen-bond donors (Lipinski definition) is 1. The molecule has 3 heteroatoms. The van der Waals surface area contributed by atoms with Crippen LogP contribution < -0.4 is 5.32 Å². The first kappa shape index (κ1) is 16.4. The Morgan fingerprint density at radius 2 is 1.65 bits per heavy atom. The summed E-state index contributed by atoms with van der Waals surface area (Å²) < 4.78 is 2.22. The van der Waals surface area contributed by atoms with Gasteiger partial charge in [-0.05, 0) is 50.1 Å². The molecular weight excluding hydrogens is 318 g/mol. The standard InChI is InChI=1S/C23H23N3/c1-16-8-7-11-20(13-16)22-23(24-15-19-9-5-4-6-10-19)26-18(3)12-17(2)14-21(26)25-22/h4-14,24H,15H2,1-3H3. The third-order valence-electron chi connectivity index (χ3n) is 4.64. The predicted molar refractivity (Wildman–Crippen MR) is 109 cm³/mol. The highest BCUT2D eigenvalue weighted by atomic mass is 15.1. The van der Waals surface area contributed by atoms with Crippen LogP contribution in [0.4, 0.5) is 5.82 Å². The van der Waals surface area contributed by atoms with Crippen LogP contribution in [0.5, 0.6) is 0 Å². The molecule has 0 saturated carbocycles. The Bertz CT molecular complexity index is 1060. The van der Waals surface area contributed by atoms with Crippen molar-refractivity contribution >= 4 is 11.5 Å². The van der Waals surface area contributed by atoms with E-state index in [9.17, 15) is 0 Å². The molecule has 0 aliphatic heterocycles. The van der Waals surface area contributed by atoms with Crippen LogP contribution in [-0.4, -0.2) is 9.38 Å². The minimum atomic E-state index is 0.765. The van der Waals surface area contributed by atoms with Crippen LogP contribution in [0.2, 0.25) is 0 Å². The van der Waals surface area contributed by atoms with Gasteiger partial charge in [0, 0.05) is 17.8 Å². The van der Waals surface area contributed by atoms with Gasteiger partial charge in [-0.3, -0.25) is 4.40 Å². The average molecular weight is 341 g/mol. The molecule has 0 aliphatic carbocycles. The van der Waals surface area contributed by atoms with Crippen LogP contribution in [0.3, 0.4) is 0 Å². The van der Waals surface area contributed by atoms with E-state index in [-0.39, 0.29) is 0 Å². The van der Waals surface area contributed by atoms with Gasteiger partial charge in [-0.25, -0.2) is 4.98 Å². The first-order valence-electron chi connectivity index (χ1n) is 8.96. The predicted octanol–water partition coefficient (Wildman–Crippen LogP) is 5.54. The van der Waals surface area contributed by atoms with Gasteiger partial charge in [-0.15, -0.1) is 0 Å². The van der Waals surface area contributed by atoms with Crippen molar-refractivity contribution in [2.24, 2.45) is 0 Å². The lowest BCUT2D eigenvalue weighted by Crippen LogP contribution is -2.05. The molecule has 4 aromatic rings. The molecule has 0 saturated heterocycles. The fourth-order valence-electron chi connectivity index (χ4n) is 3.47. The summed E-state index contributed by atoms with van der Waals surface area (Å²) in [5.41, 5.74) is 8.02. The fourth-order valence-corrected chi connectivity index (χ4v) is 3.47. The first-order chi connectivity index (χ1) is 12.6. The molecule has 2 heterocycles. The molecule has 0 radical (unpaired) electrons. The number of imidazole rings is 1. The van der Waals surface area contributed by atoms with Crippen molar-refractivity contribution < 1.29 is 0 Å². The Morgan fingerprint density at radius 3 is 2.42 bits per heavy atom. The topological polar surface area (TPSA) is 29.3 Å². The highest BCUT2D eigenvalue weighted by Gasteiger charge is 2.16. The number of aromatic nitrogens is 2. The van der Waals surface area contributed by atoms with Crippen molar-refractivity contribution in [1.82, 2.24) is 9.38 Å². The molecule has 0 unspecified atom stereocenters. The van der Waals surface area contributed by atoms with E-state index in [0.717, 1.165) is 29.3 Å². The largest absolute Gasteiger partial charge is 0.365 e. The van der Waals surface area contributed by atoms with E-state index in [0.29, 0.717) is 0 Å². The second-order valence-corrected chi connectivity index (χ2v) is 6.89. The molecule has 0 aliphatic rings. The lowest BCUT2D eigenvalue weighted by Gasteiger charge is -2.11. The van der Waals surface area contributed by atoms with E-state index in [2.05, 4.69) is 91.2 Å². The van der Waals surface area contributed by atoms with Gasteiger partial charge in [0.05, 0.1) is 0 Å². The normalized spacial score (nSPS) is 11.0. The summed E-state index contributed by atoms with van der Waals surface area (Å²) in [7, 11) is 0. The van der Waals surface area contributed by atoms with E-state index >= 15 is 0 Å². The van der Waals surface area contributed by atoms with Gasteiger partial charge < -0.3 is 5.32 Å². The van der Waals surface area contributed by atoms with Crippen molar-refractivity contribution in [1.29, 1.82) is 0 Å². The van der Waals surface area contributed by atoms with E-state index < -0.39 is 0 Å². The second-order valence-electron chi connectivity index (χ2n) is 6.89. The lowest BCUT2D eigenvalue weighted by atomic mass is 10.1.